The van der Waals surface area contributed by atoms with Crippen LogP contribution < -0.4 is 4.72 Å². The van der Waals surface area contributed by atoms with Crippen LogP contribution >= 0.6 is 0 Å². The molecule has 0 aliphatic rings. The van der Waals surface area contributed by atoms with Crippen molar-refractivity contribution < 1.29 is 17.7 Å². The second-order valence-electron chi connectivity index (χ2n) is 4.27. The van der Waals surface area contributed by atoms with Crippen molar-refractivity contribution in [2.75, 3.05) is 24.7 Å². The zero-order valence-corrected chi connectivity index (χ0v) is 13.7. The lowest BCUT2D eigenvalue weighted by Crippen LogP contribution is -2.28. The number of aryl methyl sites for hydroxylation is 1. The highest BCUT2D eigenvalue weighted by atomic mass is 32.2. The summed E-state index contributed by atoms with van der Waals surface area (Å²) in [5.41, 5.74) is 1.13. The molecule has 1 rings (SSSR count). The lowest BCUT2D eigenvalue weighted by atomic mass is 10.1. The molecule has 0 radical (unpaired) electrons. The van der Waals surface area contributed by atoms with Crippen LogP contribution in [0.15, 0.2) is 23.1 Å². The average Bonchev–Trinajstić information content (AvgIpc) is 2.45. The third-order valence-corrected chi connectivity index (χ3v) is 5.64. The topological polar surface area (TPSA) is 83.5 Å². The van der Waals surface area contributed by atoms with Crippen molar-refractivity contribution >= 4 is 20.8 Å². The van der Waals surface area contributed by atoms with Gasteiger partial charge >= 0.3 is 0 Å². The van der Waals surface area contributed by atoms with E-state index < -0.39 is 20.8 Å². The number of hydrogen-bond donors (Lipinski definition) is 2. The van der Waals surface area contributed by atoms with Crippen LogP contribution in [0.1, 0.15) is 18.1 Å². The summed E-state index contributed by atoms with van der Waals surface area (Å²) < 4.78 is 38.2. The van der Waals surface area contributed by atoms with Gasteiger partial charge in [0, 0.05) is 34.4 Å². The summed E-state index contributed by atoms with van der Waals surface area (Å²) in [5, 5.41) is 8.67. The number of benzene rings is 1. The van der Waals surface area contributed by atoms with Crippen molar-refractivity contribution in [3.63, 3.8) is 0 Å². The van der Waals surface area contributed by atoms with Gasteiger partial charge in [-0.05, 0) is 24.6 Å². The zero-order chi connectivity index (χ0) is 15.9. The summed E-state index contributed by atoms with van der Waals surface area (Å²) >= 11 is 0. The molecule has 0 saturated heterocycles. The van der Waals surface area contributed by atoms with Crippen LogP contribution in [0, 0.1) is 18.8 Å². The molecule has 2 N–H and O–H groups in total. The van der Waals surface area contributed by atoms with Crippen molar-refractivity contribution in [1.29, 1.82) is 0 Å². The maximum absolute atomic E-state index is 12.2. The Kier molecular flexibility index (Phi) is 7.05. The van der Waals surface area contributed by atoms with Crippen LogP contribution in [0.5, 0.6) is 0 Å². The van der Waals surface area contributed by atoms with Gasteiger partial charge in [0.1, 0.15) is 6.61 Å². The second-order valence-corrected chi connectivity index (χ2v) is 7.87. The van der Waals surface area contributed by atoms with Gasteiger partial charge < -0.3 is 5.11 Å². The molecule has 21 heavy (non-hydrogen) atoms. The molecule has 1 aromatic rings. The first-order valence-electron chi connectivity index (χ1n) is 6.45. The first-order valence-corrected chi connectivity index (χ1v) is 9.43. The highest BCUT2D eigenvalue weighted by Crippen LogP contribution is 2.16. The number of rotatable bonds is 6. The van der Waals surface area contributed by atoms with Gasteiger partial charge in [-0.25, -0.2) is 13.1 Å². The maximum atomic E-state index is 12.2. The van der Waals surface area contributed by atoms with E-state index in [1.54, 1.807) is 26.0 Å². The van der Waals surface area contributed by atoms with Gasteiger partial charge in [0.15, 0.2) is 0 Å². The van der Waals surface area contributed by atoms with E-state index in [0.29, 0.717) is 22.6 Å². The molecule has 1 unspecified atom stereocenters. The minimum atomic E-state index is -3.66. The van der Waals surface area contributed by atoms with E-state index in [2.05, 4.69) is 16.6 Å². The quantitative estimate of drug-likeness (QED) is 0.740. The molecule has 0 heterocycles. The van der Waals surface area contributed by atoms with Gasteiger partial charge in [-0.15, -0.1) is 0 Å². The molecule has 116 valence electrons. The molecule has 7 heteroatoms. The predicted molar refractivity (Wildman–Crippen MR) is 83.9 cm³/mol. The molecule has 0 aliphatic carbocycles. The predicted octanol–water partition coefficient (Wildman–Crippen LogP) is 0.386. The summed E-state index contributed by atoms with van der Waals surface area (Å²) in [5.74, 6) is 5.95. The van der Waals surface area contributed by atoms with Crippen LogP contribution in [0.25, 0.3) is 0 Å². The Bertz CT molecular complexity index is 672. The summed E-state index contributed by atoms with van der Waals surface area (Å²) in [7, 11) is -4.67. The van der Waals surface area contributed by atoms with Gasteiger partial charge in [0.2, 0.25) is 10.0 Å². The maximum Gasteiger partial charge on any atom is 0.240 e. The Morgan fingerprint density at radius 2 is 2.10 bits per heavy atom. The Morgan fingerprint density at radius 3 is 2.71 bits per heavy atom. The second kappa shape index (κ2) is 8.29. The van der Waals surface area contributed by atoms with Gasteiger partial charge in [-0.2, -0.15) is 0 Å². The first-order chi connectivity index (χ1) is 9.90. The Balaban J connectivity index is 2.94. The molecule has 0 saturated carbocycles. The third-order valence-electron chi connectivity index (χ3n) is 2.73. The molecule has 0 spiro atoms. The molecular weight excluding hydrogens is 310 g/mol. The standard InChI is InChI=1S/C14H19NO4S2/c1-3-20(17)10-8-15-21(18,19)14-11-13(5-4-9-16)7-6-12(14)2/h6-7,11,15-16H,3,8-10H2,1-2H3. The van der Waals surface area contributed by atoms with Crippen LogP contribution in [-0.2, 0) is 20.8 Å². The number of sulfonamides is 1. The lowest BCUT2D eigenvalue weighted by Gasteiger charge is -2.09. The van der Waals surface area contributed by atoms with Crippen LogP contribution in [-0.4, -0.2) is 42.4 Å². The van der Waals surface area contributed by atoms with Gasteiger partial charge in [0.25, 0.3) is 0 Å². The fourth-order valence-electron chi connectivity index (χ4n) is 1.62. The van der Waals surface area contributed by atoms with Crippen molar-refractivity contribution in [2.45, 2.75) is 18.7 Å². The molecule has 0 bridgehead atoms. The van der Waals surface area contributed by atoms with Gasteiger partial charge in [-0.3, -0.25) is 4.21 Å². The normalized spacial score (nSPS) is 12.5. The molecule has 0 fully saturated rings. The molecule has 0 aliphatic heterocycles. The van der Waals surface area contributed by atoms with E-state index in [1.807, 2.05) is 0 Å². The number of aliphatic hydroxyl groups excluding tert-OH is 1. The van der Waals surface area contributed by atoms with Crippen molar-refractivity contribution in [3.05, 3.63) is 29.3 Å². The van der Waals surface area contributed by atoms with E-state index in [4.69, 9.17) is 5.11 Å². The van der Waals surface area contributed by atoms with E-state index in [0.717, 1.165) is 0 Å². The Hall–Kier alpha value is -1.20. The third kappa shape index (κ3) is 5.59. The average molecular weight is 329 g/mol. The molecule has 1 atom stereocenters. The van der Waals surface area contributed by atoms with Gasteiger partial charge in [-0.1, -0.05) is 24.8 Å². The fourth-order valence-corrected chi connectivity index (χ4v) is 3.67. The fraction of sp³-hybridized carbons (Fsp3) is 0.429. The molecule has 1 aromatic carbocycles. The highest BCUT2D eigenvalue weighted by Gasteiger charge is 2.16. The smallest absolute Gasteiger partial charge is 0.240 e. The van der Waals surface area contributed by atoms with Crippen LogP contribution in [0.3, 0.4) is 0 Å². The zero-order valence-electron chi connectivity index (χ0n) is 12.0. The van der Waals surface area contributed by atoms with Crippen LogP contribution in [0.2, 0.25) is 0 Å². The lowest BCUT2D eigenvalue weighted by molar-refractivity contribution is 0.350. The largest absolute Gasteiger partial charge is 0.384 e. The minimum Gasteiger partial charge on any atom is -0.384 e. The molecule has 5 nitrogen and oxygen atoms in total. The van der Waals surface area contributed by atoms with Crippen LogP contribution in [0.4, 0.5) is 0 Å². The van der Waals surface area contributed by atoms with E-state index in [-0.39, 0.29) is 18.0 Å². The molecule has 0 amide bonds. The molecule has 0 aromatic heterocycles. The minimum absolute atomic E-state index is 0.134. The summed E-state index contributed by atoms with van der Waals surface area (Å²) in [6.45, 7) is 3.34. The Labute approximate surface area is 128 Å². The first kappa shape index (κ1) is 17.9. The summed E-state index contributed by atoms with van der Waals surface area (Å²) in [6, 6.07) is 4.83. The van der Waals surface area contributed by atoms with Gasteiger partial charge in [0.05, 0.1) is 4.90 Å². The van der Waals surface area contributed by atoms with Crippen molar-refractivity contribution in [2.24, 2.45) is 0 Å². The number of aliphatic hydroxyl groups is 1. The number of hydrogen-bond acceptors (Lipinski definition) is 4. The van der Waals surface area contributed by atoms with Crippen molar-refractivity contribution in [1.82, 2.24) is 4.72 Å². The molecular formula is C14H19NO4S2. The van der Waals surface area contributed by atoms with Crippen molar-refractivity contribution in [3.8, 4) is 11.8 Å². The number of nitrogens with one attached hydrogen (secondary N) is 1. The van der Waals surface area contributed by atoms with E-state index in [1.165, 1.54) is 6.07 Å². The van der Waals surface area contributed by atoms with E-state index >= 15 is 0 Å². The monoisotopic (exact) mass is 329 g/mol. The highest BCUT2D eigenvalue weighted by molar-refractivity contribution is 7.89. The Morgan fingerprint density at radius 1 is 1.38 bits per heavy atom. The summed E-state index contributed by atoms with van der Waals surface area (Å²) in [4.78, 5) is 0.148. The van der Waals surface area contributed by atoms with E-state index in [9.17, 15) is 12.6 Å². The SMILES string of the molecule is CCS(=O)CCNS(=O)(=O)c1cc(C#CCO)ccc1C. The summed E-state index contributed by atoms with van der Waals surface area (Å²) in [6.07, 6.45) is 0.